The van der Waals surface area contributed by atoms with E-state index in [0.717, 1.165) is 6.92 Å². The van der Waals surface area contributed by atoms with Crippen molar-refractivity contribution in [3.63, 3.8) is 0 Å². The monoisotopic (exact) mass is 788 g/mol. The largest absolute Gasteiger partial charge is 0.420 e. The number of nitrogens with zero attached hydrogens (tertiary/aromatic N) is 2. The topological polar surface area (TPSA) is 159 Å². The molecule has 0 fully saturated rings. The van der Waals surface area contributed by atoms with Crippen LogP contribution in [0.4, 0.5) is 0 Å². The average Bonchev–Trinajstić information content (AvgIpc) is 3.25. The molecule has 13 heteroatoms. The molecular weight excluding hydrogens is 744 g/mol. The minimum absolute atomic E-state index is 0.0868. The van der Waals surface area contributed by atoms with Gasteiger partial charge in [-0.1, -0.05) is 140 Å². The molecule has 58 heavy (non-hydrogen) atoms. The lowest BCUT2D eigenvalue weighted by Crippen LogP contribution is -2.73. The predicted molar refractivity (Wildman–Crippen MR) is 211 cm³/mol. The number of benzene rings is 5. The number of hydrogen-bond donors (Lipinski definition) is 0. The van der Waals surface area contributed by atoms with Crippen LogP contribution in [-0.2, 0) is 55.2 Å². The number of hydrogen-bond acceptors (Lipinski definition) is 11. The Morgan fingerprint density at radius 1 is 0.621 bits per heavy atom. The second kappa shape index (κ2) is 18.4. The van der Waals surface area contributed by atoms with E-state index in [1.807, 2.05) is 30.3 Å². The van der Waals surface area contributed by atoms with Crippen LogP contribution in [0.25, 0.3) is 0 Å². The molecule has 0 heterocycles. The molecule has 13 nitrogen and oxygen atoms in total. The van der Waals surface area contributed by atoms with Gasteiger partial charge in [-0.25, -0.2) is 9.68 Å². The van der Waals surface area contributed by atoms with Gasteiger partial charge in [-0.2, -0.15) is 4.89 Å². The SMILES string of the molecule is CC1=C(OC(=O)c2ccccc2)C(C)([N+](=O)[O-])C(OCc2ccccc2)C(C)([N+](=O)[O-])C1C(OCc1ccccc1)(OCc1ccccc1)OOCc1ccccc1. The zero-order valence-corrected chi connectivity index (χ0v) is 32.3. The van der Waals surface area contributed by atoms with Crippen molar-refractivity contribution in [3.8, 4) is 0 Å². The Hall–Kier alpha value is -6.09. The summed E-state index contributed by atoms with van der Waals surface area (Å²) in [6.45, 7) is 2.92. The van der Waals surface area contributed by atoms with Crippen LogP contribution in [0.1, 0.15) is 53.4 Å². The first-order chi connectivity index (χ1) is 28.0. The molecule has 0 aliphatic heterocycles. The molecule has 6 rings (SSSR count). The lowest BCUT2D eigenvalue weighted by Gasteiger charge is -2.50. The Labute approximate surface area is 336 Å². The van der Waals surface area contributed by atoms with E-state index in [0.29, 0.717) is 22.3 Å². The van der Waals surface area contributed by atoms with E-state index in [1.165, 1.54) is 26.0 Å². The zero-order valence-electron chi connectivity index (χ0n) is 32.3. The summed E-state index contributed by atoms with van der Waals surface area (Å²) >= 11 is 0. The van der Waals surface area contributed by atoms with Crippen LogP contribution < -0.4 is 0 Å². The van der Waals surface area contributed by atoms with E-state index in [-0.39, 0.29) is 37.6 Å². The maximum atomic E-state index is 14.0. The van der Waals surface area contributed by atoms with Crippen LogP contribution in [0, 0.1) is 26.1 Å². The second-order valence-electron chi connectivity index (χ2n) is 14.2. The van der Waals surface area contributed by atoms with E-state index >= 15 is 0 Å². The van der Waals surface area contributed by atoms with E-state index < -0.39 is 50.6 Å². The molecule has 4 unspecified atom stereocenters. The molecule has 5 aromatic rings. The maximum Gasteiger partial charge on any atom is 0.343 e. The Bertz CT molecular complexity index is 2130. The standard InChI is InChI=1S/C45H44N2O11/c1-33-39(45(54-30-35-21-11-5-12-22-35,55-31-36-23-13-6-14-24-36)58-56-32-37-25-15-7-16-26-37)43(2,46(49)50)42(53-29-34-19-9-4-10-20-34)44(3,47(51)52)40(33)57-41(48)38-27-17-8-18-28-38/h4-28,39,42H,29-32H2,1-3H3. The van der Waals surface area contributed by atoms with Gasteiger partial charge in [0.25, 0.3) is 5.54 Å². The van der Waals surface area contributed by atoms with E-state index in [2.05, 4.69) is 0 Å². The van der Waals surface area contributed by atoms with Gasteiger partial charge < -0.3 is 18.9 Å². The molecule has 5 aromatic carbocycles. The van der Waals surface area contributed by atoms with Gasteiger partial charge in [0.15, 0.2) is 5.76 Å². The molecular formula is C45H44N2O11. The third-order valence-corrected chi connectivity index (χ3v) is 10.3. The van der Waals surface area contributed by atoms with E-state index in [4.69, 9.17) is 28.7 Å². The summed E-state index contributed by atoms with van der Waals surface area (Å²) in [5, 5.41) is 27.5. The van der Waals surface area contributed by atoms with Crippen LogP contribution in [0.2, 0.25) is 0 Å². The first kappa shape index (κ1) is 41.5. The van der Waals surface area contributed by atoms with Crippen molar-refractivity contribution in [3.05, 3.63) is 211 Å². The fourth-order valence-corrected chi connectivity index (χ4v) is 7.38. The molecule has 0 aromatic heterocycles. The van der Waals surface area contributed by atoms with Crippen molar-refractivity contribution >= 4 is 5.97 Å². The fraction of sp³-hybridized carbons (Fsp3) is 0.267. The van der Waals surface area contributed by atoms with Gasteiger partial charge in [0, 0.05) is 23.7 Å². The lowest BCUT2D eigenvalue weighted by atomic mass is 9.63. The van der Waals surface area contributed by atoms with Crippen LogP contribution in [0.5, 0.6) is 0 Å². The summed E-state index contributed by atoms with van der Waals surface area (Å²) < 4.78 is 25.7. The molecule has 300 valence electrons. The normalized spacial score (nSPS) is 20.7. The van der Waals surface area contributed by atoms with Gasteiger partial charge in [-0.15, -0.1) is 0 Å². The minimum atomic E-state index is -2.55. The highest BCUT2D eigenvalue weighted by Gasteiger charge is 2.77. The number of esters is 1. The van der Waals surface area contributed by atoms with Gasteiger partial charge in [0.05, 0.1) is 25.4 Å². The number of nitro groups is 2. The van der Waals surface area contributed by atoms with Gasteiger partial charge in [0.2, 0.25) is 6.10 Å². The first-order valence-corrected chi connectivity index (χ1v) is 18.6. The van der Waals surface area contributed by atoms with E-state index in [9.17, 15) is 25.0 Å². The molecule has 0 N–H and O–H groups in total. The summed E-state index contributed by atoms with van der Waals surface area (Å²) in [5.74, 6) is -5.74. The number of carbonyl (C=O) groups is 1. The quantitative estimate of drug-likeness (QED) is 0.0275. The third kappa shape index (κ3) is 8.89. The number of carbonyl (C=O) groups excluding carboxylic acids is 1. The number of ether oxygens (including phenoxy) is 4. The van der Waals surface area contributed by atoms with Crippen molar-refractivity contribution in [1.82, 2.24) is 0 Å². The van der Waals surface area contributed by atoms with Crippen molar-refractivity contribution < 1.29 is 43.4 Å². The van der Waals surface area contributed by atoms with Crippen LogP contribution >= 0.6 is 0 Å². The molecule has 0 bridgehead atoms. The van der Waals surface area contributed by atoms with Crippen molar-refractivity contribution in [2.75, 3.05) is 0 Å². The van der Waals surface area contributed by atoms with Gasteiger partial charge in [0.1, 0.15) is 12.5 Å². The maximum absolute atomic E-state index is 14.0. The third-order valence-electron chi connectivity index (χ3n) is 10.3. The minimum Gasteiger partial charge on any atom is -0.420 e. The van der Waals surface area contributed by atoms with Gasteiger partial charge >= 0.3 is 17.5 Å². The Balaban J connectivity index is 1.60. The highest BCUT2D eigenvalue weighted by Crippen LogP contribution is 2.54. The Morgan fingerprint density at radius 3 is 1.47 bits per heavy atom. The van der Waals surface area contributed by atoms with Crippen molar-refractivity contribution in [2.45, 2.75) is 70.4 Å². The summed E-state index contributed by atoms with van der Waals surface area (Å²) in [6.07, 6.45) is -1.95. The Morgan fingerprint density at radius 2 is 1.03 bits per heavy atom. The predicted octanol–water partition coefficient (Wildman–Crippen LogP) is 8.64. The van der Waals surface area contributed by atoms with Gasteiger partial charge in [-0.05, 0) is 46.9 Å². The lowest BCUT2D eigenvalue weighted by molar-refractivity contribution is -0.654. The molecule has 1 aliphatic carbocycles. The van der Waals surface area contributed by atoms with Crippen molar-refractivity contribution in [1.29, 1.82) is 0 Å². The molecule has 1 aliphatic rings. The number of rotatable bonds is 18. The van der Waals surface area contributed by atoms with Crippen LogP contribution in [0.3, 0.4) is 0 Å². The summed E-state index contributed by atoms with van der Waals surface area (Å²) in [5.41, 5.74) is -2.52. The molecule has 0 amide bonds. The molecule has 0 radical (unpaired) electrons. The average molecular weight is 789 g/mol. The smallest absolute Gasteiger partial charge is 0.343 e. The molecule has 4 atom stereocenters. The molecule has 0 spiro atoms. The van der Waals surface area contributed by atoms with Crippen molar-refractivity contribution in [2.24, 2.45) is 5.92 Å². The molecule has 0 saturated heterocycles. The van der Waals surface area contributed by atoms with Crippen LogP contribution in [0.15, 0.2) is 163 Å². The highest BCUT2D eigenvalue weighted by atomic mass is 17.3. The second-order valence-corrected chi connectivity index (χ2v) is 14.2. The Kier molecular flexibility index (Phi) is 13.2. The summed E-state index contributed by atoms with van der Waals surface area (Å²) in [4.78, 5) is 52.2. The first-order valence-electron chi connectivity index (χ1n) is 18.6. The van der Waals surface area contributed by atoms with E-state index in [1.54, 1.807) is 109 Å². The zero-order chi connectivity index (χ0) is 41.2. The highest BCUT2D eigenvalue weighted by molar-refractivity contribution is 5.90. The summed E-state index contributed by atoms with van der Waals surface area (Å²) in [6, 6.07) is 43.6. The summed E-state index contributed by atoms with van der Waals surface area (Å²) in [7, 11) is 0. The van der Waals surface area contributed by atoms with Gasteiger partial charge in [-0.3, -0.25) is 20.2 Å². The molecule has 0 saturated carbocycles. The fourth-order valence-electron chi connectivity index (χ4n) is 7.38. The van der Waals surface area contributed by atoms with Crippen LogP contribution in [-0.4, -0.2) is 39.0 Å².